The van der Waals surface area contributed by atoms with Gasteiger partial charge in [0.1, 0.15) is 0 Å². The Kier molecular flexibility index (Phi) is 4.51. The van der Waals surface area contributed by atoms with E-state index in [0.717, 1.165) is 0 Å². The third-order valence-corrected chi connectivity index (χ3v) is 11.1. The van der Waals surface area contributed by atoms with Crippen LogP contribution < -0.4 is 15.7 Å². The van der Waals surface area contributed by atoms with Crippen LogP contribution in [0.1, 0.15) is 25.0 Å². The maximum Gasteiger partial charge on any atom is 0.333 e. The standard InChI is InChI=1S/C43H29BN2/c1-43(2)33-20-10-8-16-27(33)31-24-32-38(25-34(31)43)46(26-14-4-3-5-15-26)44-35-21-11-13-23-37(35)45-36-22-12-9-19-30(36)40-29-18-7-6-17-28(29)39(32)41(44)42(40)45/h3-25H,1-2H3. The number of rotatable bonds is 1. The highest BCUT2D eigenvalue weighted by Gasteiger charge is 2.46. The summed E-state index contributed by atoms with van der Waals surface area (Å²) in [6.45, 7) is 4.80. The van der Waals surface area contributed by atoms with Crippen LogP contribution in [-0.2, 0) is 5.41 Å². The minimum atomic E-state index is -0.0908. The van der Waals surface area contributed by atoms with Crippen LogP contribution in [0, 0.1) is 0 Å². The molecule has 0 unspecified atom stereocenters. The van der Waals surface area contributed by atoms with Gasteiger partial charge in [0.15, 0.2) is 0 Å². The molecule has 0 fully saturated rings. The molecular weight excluding hydrogens is 555 g/mol. The number of hydrogen-bond acceptors (Lipinski definition) is 1. The smallest absolute Gasteiger partial charge is 0.333 e. The Morgan fingerprint density at radius 2 is 1.24 bits per heavy atom. The van der Waals surface area contributed by atoms with E-state index in [1.54, 1.807) is 0 Å². The molecule has 3 heterocycles. The molecule has 0 amide bonds. The molecule has 214 valence electrons. The Labute approximate surface area is 268 Å². The van der Waals surface area contributed by atoms with Gasteiger partial charge in [0.25, 0.3) is 0 Å². The summed E-state index contributed by atoms with van der Waals surface area (Å²) in [6.07, 6.45) is 0. The minimum absolute atomic E-state index is 0.0231. The molecule has 3 aliphatic rings. The van der Waals surface area contributed by atoms with Crippen molar-refractivity contribution in [2.24, 2.45) is 0 Å². The number of nitrogens with zero attached hydrogens (tertiary/aromatic N) is 2. The average Bonchev–Trinajstić information content (AvgIpc) is 3.57. The lowest BCUT2D eigenvalue weighted by atomic mass is 9.43. The molecule has 0 radical (unpaired) electrons. The molecule has 0 spiro atoms. The normalized spacial score (nSPS) is 14.8. The number of para-hydroxylation sites is 3. The summed E-state index contributed by atoms with van der Waals surface area (Å²) in [5, 5.41) is 5.32. The SMILES string of the molecule is CC1(C)c2ccccc2-c2cc3c(cc21)N(c1ccccc1)B1c2ccccc2-n2c4ccccc4c4c5ccccc5c-3c1c42. The molecule has 0 saturated heterocycles. The monoisotopic (exact) mass is 584 g/mol. The molecule has 11 rings (SSSR count). The van der Waals surface area contributed by atoms with Crippen LogP contribution in [0.2, 0.25) is 0 Å². The van der Waals surface area contributed by atoms with Crippen molar-refractivity contribution in [1.82, 2.24) is 4.57 Å². The fraction of sp³-hybridized carbons (Fsp3) is 0.0698. The lowest BCUT2D eigenvalue weighted by Crippen LogP contribution is -2.60. The van der Waals surface area contributed by atoms with Crippen molar-refractivity contribution < 1.29 is 0 Å². The van der Waals surface area contributed by atoms with Gasteiger partial charge in [0.05, 0.1) is 11.0 Å². The highest BCUT2D eigenvalue weighted by atomic mass is 15.1. The second-order valence-electron chi connectivity index (χ2n) is 13.7. The Bertz CT molecular complexity index is 2630. The Balaban J connectivity index is 1.40. The molecule has 3 heteroatoms. The van der Waals surface area contributed by atoms with Gasteiger partial charge in [0, 0.05) is 38.8 Å². The molecule has 0 atom stereocenters. The third-order valence-electron chi connectivity index (χ3n) is 11.1. The predicted octanol–water partition coefficient (Wildman–Crippen LogP) is 9.48. The van der Waals surface area contributed by atoms with Gasteiger partial charge in [-0.3, -0.25) is 0 Å². The molecule has 1 aliphatic carbocycles. The van der Waals surface area contributed by atoms with Crippen molar-refractivity contribution in [3.05, 3.63) is 151 Å². The quantitative estimate of drug-likeness (QED) is 0.175. The molecule has 1 aromatic heterocycles. The van der Waals surface area contributed by atoms with Crippen molar-refractivity contribution in [3.8, 4) is 27.9 Å². The molecule has 46 heavy (non-hydrogen) atoms. The van der Waals surface area contributed by atoms with Crippen LogP contribution in [0.4, 0.5) is 11.4 Å². The summed E-state index contributed by atoms with van der Waals surface area (Å²) >= 11 is 0. The highest BCUT2D eigenvalue weighted by Crippen LogP contribution is 2.55. The van der Waals surface area contributed by atoms with Crippen molar-refractivity contribution in [2.75, 3.05) is 4.81 Å². The highest BCUT2D eigenvalue weighted by molar-refractivity contribution is 6.94. The third kappa shape index (κ3) is 2.82. The first-order chi connectivity index (χ1) is 22.6. The first-order valence-corrected chi connectivity index (χ1v) is 16.3. The second kappa shape index (κ2) is 8.38. The summed E-state index contributed by atoms with van der Waals surface area (Å²) in [7, 11) is 0. The molecule has 2 aliphatic heterocycles. The topological polar surface area (TPSA) is 8.17 Å². The first kappa shape index (κ1) is 24.7. The van der Waals surface area contributed by atoms with E-state index in [4.69, 9.17) is 0 Å². The van der Waals surface area contributed by atoms with Crippen molar-refractivity contribution in [2.45, 2.75) is 19.3 Å². The van der Waals surface area contributed by atoms with Crippen LogP contribution >= 0.6 is 0 Å². The number of hydrogen-bond donors (Lipinski definition) is 0. The minimum Gasteiger partial charge on any atom is -0.376 e. The maximum atomic E-state index is 2.64. The van der Waals surface area contributed by atoms with Crippen molar-refractivity contribution in [1.29, 1.82) is 0 Å². The fourth-order valence-corrected chi connectivity index (χ4v) is 9.25. The van der Waals surface area contributed by atoms with E-state index in [1.165, 1.54) is 93.9 Å². The van der Waals surface area contributed by atoms with E-state index >= 15 is 0 Å². The molecule has 0 bridgehead atoms. The first-order valence-electron chi connectivity index (χ1n) is 16.3. The van der Waals surface area contributed by atoms with Crippen molar-refractivity contribution >= 4 is 61.7 Å². The second-order valence-corrected chi connectivity index (χ2v) is 13.7. The molecular formula is C43H29BN2. The van der Waals surface area contributed by atoms with E-state index in [9.17, 15) is 0 Å². The summed E-state index contributed by atoms with van der Waals surface area (Å²) in [5.74, 6) is 0. The van der Waals surface area contributed by atoms with Gasteiger partial charge >= 0.3 is 6.85 Å². The molecule has 2 nitrogen and oxygen atoms in total. The zero-order valence-corrected chi connectivity index (χ0v) is 25.8. The van der Waals surface area contributed by atoms with E-state index in [-0.39, 0.29) is 12.3 Å². The molecule has 8 aromatic rings. The van der Waals surface area contributed by atoms with Crippen LogP contribution in [0.15, 0.2) is 140 Å². The summed E-state index contributed by atoms with van der Waals surface area (Å²) in [4.78, 5) is 2.64. The average molecular weight is 585 g/mol. The lowest BCUT2D eigenvalue weighted by Gasteiger charge is -2.43. The van der Waals surface area contributed by atoms with Gasteiger partial charge < -0.3 is 9.38 Å². The van der Waals surface area contributed by atoms with Gasteiger partial charge in [-0.1, -0.05) is 117 Å². The lowest BCUT2D eigenvalue weighted by molar-refractivity contribution is 0.660. The zero-order chi connectivity index (χ0) is 30.3. The van der Waals surface area contributed by atoms with Crippen LogP contribution in [0.25, 0.3) is 60.5 Å². The summed E-state index contributed by atoms with van der Waals surface area (Å²) in [5.41, 5.74) is 17.3. The fourth-order valence-electron chi connectivity index (χ4n) is 9.25. The van der Waals surface area contributed by atoms with Gasteiger partial charge in [0.2, 0.25) is 0 Å². The molecule has 0 saturated carbocycles. The van der Waals surface area contributed by atoms with Crippen LogP contribution in [-0.4, -0.2) is 11.4 Å². The number of benzene rings is 7. The number of anilines is 2. The Morgan fingerprint density at radius 3 is 2.11 bits per heavy atom. The summed E-state index contributed by atoms with van der Waals surface area (Å²) in [6, 6.07) is 52.3. The summed E-state index contributed by atoms with van der Waals surface area (Å²) < 4.78 is 2.56. The van der Waals surface area contributed by atoms with E-state index < -0.39 is 0 Å². The largest absolute Gasteiger partial charge is 0.376 e. The van der Waals surface area contributed by atoms with Crippen LogP contribution in [0.5, 0.6) is 0 Å². The van der Waals surface area contributed by atoms with Gasteiger partial charge in [-0.2, -0.15) is 0 Å². The Morgan fingerprint density at radius 1 is 0.543 bits per heavy atom. The number of fused-ring (bicyclic) bond motifs is 14. The van der Waals surface area contributed by atoms with Gasteiger partial charge in [-0.15, -0.1) is 0 Å². The van der Waals surface area contributed by atoms with Crippen LogP contribution in [0.3, 0.4) is 0 Å². The van der Waals surface area contributed by atoms with E-state index in [1.807, 2.05) is 0 Å². The van der Waals surface area contributed by atoms with Gasteiger partial charge in [-0.05, 0) is 85.9 Å². The van der Waals surface area contributed by atoms with Crippen molar-refractivity contribution in [3.63, 3.8) is 0 Å². The number of aromatic nitrogens is 1. The molecule has 0 N–H and O–H groups in total. The Hall–Kier alpha value is -5.54. The zero-order valence-electron chi connectivity index (χ0n) is 25.8. The van der Waals surface area contributed by atoms with E-state index in [2.05, 4.69) is 163 Å². The van der Waals surface area contributed by atoms with Gasteiger partial charge in [-0.25, -0.2) is 0 Å². The molecule has 7 aromatic carbocycles. The van der Waals surface area contributed by atoms with E-state index in [0.29, 0.717) is 0 Å². The maximum absolute atomic E-state index is 2.64. The predicted molar refractivity (Wildman–Crippen MR) is 195 cm³/mol.